The fourth-order valence-electron chi connectivity index (χ4n) is 3.06. The molecule has 0 aliphatic carbocycles. The maximum Gasteiger partial charge on any atom is 0.234 e. The first-order valence-corrected chi connectivity index (χ1v) is 10.7. The molecule has 0 radical (unpaired) electrons. The number of amides is 1. The highest BCUT2D eigenvalue weighted by molar-refractivity contribution is 7.99. The van der Waals surface area contributed by atoms with Crippen molar-refractivity contribution in [1.82, 2.24) is 19.7 Å². The molecule has 32 heavy (non-hydrogen) atoms. The highest BCUT2D eigenvalue weighted by atomic mass is 32.2. The molecule has 162 valence electrons. The Kier molecular flexibility index (Phi) is 6.66. The van der Waals surface area contributed by atoms with Gasteiger partial charge in [0.05, 0.1) is 20.0 Å². The van der Waals surface area contributed by atoms with Crippen LogP contribution in [0.25, 0.3) is 17.1 Å². The lowest BCUT2D eigenvalue weighted by Crippen LogP contribution is -2.14. The van der Waals surface area contributed by atoms with Gasteiger partial charge in [-0.2, -0.15) is 0 Å². The molecule has 0 saturated carbocycles. The molecule has 2 aromatic carbocycles. The van der Waals surface area contributed by atoms with E-state index in [2.05, 4.69) is 20.5 Å². The number of nitrogens with one attached hydrogen (secondary N) is 1. The van der Waals surface area contributed by atoms with Gasteiger partial charge in [-0.05, 0) is 24.3 Å². The van der Waals surface area contributed by atoms with E-state index in [1.54, 1.807) is 44.8 Å². The summed E-state index contributed by atoms with van der Waals surface area (Å²) in [5.41, 5.74) is 2.33. The van der Waals surface area contributed by atoms with Gasteiger partial charge in [-0.3, -0.25) is 14.3 Å². The molecule has 2 aromatic heterocycles. The lowest BCUT2D eigenvalue weighted by atomic mass is 10.2. The molecular weight excluding hydrogens is 426 g/mol. The van der Waals surface area contributed by atoms with E-state index >= 15 is 0 Å². The van der Waals surface area contributed by atoms with Gasteiger partial charge in [-0.15, -0.1) is 10.2 Å². The number of benzene rings is 2. The Bertz CT molecular complexity index is 1180. The lowest BCUT2D eigenvalue weighted by Gasteiger charge is -2.11. The second-order valence-corrected chi connectivity index (χ2v) is 7.60. The van der Waals surface area contributed by atoms with E-state index in [1.807, 2.05) is 47.0 Å². The number of rotatable bonds is 8. The standard InChI is InChI=1S/C23H21N5O3S/c1-30-19-11-17(12-20(13-19)31-2)25-21(29)15-32-23-27-26-22(16-7-6-10-24-14-16)28(23)18-8-4-3-5-9-18/h3-14H,15H2,1-2H3,(H,25,29). The van der Waals surface area contributed by atoms with E-state index in [9.17, 15) is 4.79 Å². The number of anilines is 1. The molecule has 2 heterocycles. The Morgan fingerprint density at radius 3 is 2.41 bits per heavy atom. The summed E-state index contributed by atoms with van der Waals surface area (Å²) in [7, 11) is 3.12. The third-order valence-corrected chi connectivity index (χ3v) is 5.46. The monoisotopic (exact) mass is 447 g/mol. The van der Waals surface area contributed by atoms with Crippen LogP contribution in [-0.4, -0.2) is 45.6 Å². The van der Waals surface area contributed by atoms with Crippen LogP contribution in [0.5, 0.6) is 11.5 Å². The first kappa shape index (κ1) is 21.4. The largest absolute Gasteiger partial charge is 0.497 e. The molecule has 9 heteroatoms. The second-order valence-electron chi connectivity index (χ2n) is 6.66. The topological polar surface area (TPSA) is 91.2 Å². The fraction of sp³-hybridized carbons (Fsp3) is 0.130. The zero-order valence-corrected chi connectivity index (χ0v) is 18.4. The summed E-state index contributed by atoms with van der Waals surface area (Å²) in [6, 6.07) is 18.8. The fourth-order valence-corrected chi connectivity index (χ4v) is 3.81. The summed E-state index contributed by atoms with van der Waals surface area (Å²) >= 11 is 1.30. The first-order chi connectivity index (χ1) is 15.7. The molecule has 0 saturated heterocycles. The van der Waals surface area contributed by atoms with Gasteiger partial charge in [-0.25, -0.2) is 0 Å². The molecule has 1 amide bonds. The Morgan fingerprint density at radius 1 is 1.00 bits per heavy atom. The van der Waals surface area contributed by atoms with Crippen LogP contribution in [0.4, 0.5) is 5.69 Å². The van der Waals surface area contributed by atoms with Crippen molar-refractivity contribution in [2.45, 2.75) is 5.16 Å². The van der Waals surface area contributed by atoms with Crippen molar-refractivity contribution in [3.63, 3.8) is 0 Å². The average molecular weight is 448 g/mol. The Balaban J connectivity index is 1.55. The number of ether oxygens (including phenoxy) is 2. The predicted octanol–water partition coefficient (Wildman–Crippen LogP) is 4.08. The van der Waals surface area contributed by atoms with E-state index in [-0.39, 0.29) is 11.7 Å². The van der Waals surface area contributed by atoms with Crippen LogP contribution in [0.3, 0.4) is 0 Å². The van der Waals surface area contributed by atoms with Crippen molar-refractivity contribution in [3.8, 4) is 28.6 Å². The predicted molar refractivity (Wildman–Crippen MR) is 123 cm³/mol. The Morgan fingerprint density at radius 2 is 1.75 bits per heavy atom. The molecule has 4 rings (SSSR count). The number of carbonyl (C=O) groups is 1. The van der Waals surface area contributed by atoms with E-state index in [0.717, 1.165) is 11.3 Å². The number of nitrogens with zero attached hydrogens (tertiary/aromatic N) is 4. The van der Waals surface area contributed by atoms with Crippen molar-refractivity contribution in [3.05, 3.63) is 73.1 Å². The zero-order valence-electron chi connectivity index (χ0n) is 17.6. The third kappa shape index (κ3) is 4.89. The number of thioether (sulfide) groups is 1. The lowest BCUT2D eigenvalue weighted by molar-refractivity contribution is -0.113. The van der Waals surface area contributed by atoms with Gasteiger partial charge < -0.3 is 14.8 Å². The van der Waals surface area contributed by atoms with Crippen molar-refractivity contribution in [1.29, 1.82) is 0 Å². The molecule has 0 spiro atoms. The third-order valence-electron chi connectivity index (χ3n) is 4.54. The average Bonchev–Trinajstić information content (AvgIpc) is 3.27. The van der Waals surface area contributed by atoms with Crippen LogP contribution in [0.2, 0.25) is 0 Å². The van der Waals surface area contributed by atoms with Gasteiger partial charge >= 0.3 is 0 Å². The van der Waals surface area contributed by atoms with Gasteiger partial charge in [-0.1, -0.05) is 30.0 Å². The summed E-state index contributed by atoms with van der Waals surface area (Å²) in [5.74, 6) is 1.81. The minimum Gasteiger partial charge on any atom is -0.497 e. The van der Waals surface area contributed by atoms with Crippen LogP contribution in [0, 0.1) is 0 Å². The quantitative estimate of drug-likeness (QED) is 0.407. The van der Waals surface area contributed by atoms with Crippen LogP contribution in [0.1, 0.15) is 0 Å². The number of methoxy groups -OCH3 is 2. The minimum absolute atomic E-state index is 0.150. The molecule has 4 aromatic rings. The highest BCUT2D eigenvalue weighted by Crippen LogP contribution is 2.29. The SMILES string of the molecule is COc1cc(NC(=O)CSc2nnc(-c3cccnc3)n2-c2ccccc2)cc(OC)c1. The summed E-state index contributed by atoms with van der Waals surface area (Å²) < 4.78 is 12.4. The van der Waals surface area contributed by atoms with Crippen molar-refractivity contribution >= 4 is 23.4 Å². The van der Waals surface area contributed by atoms with Crippen molar-refractivity contribution in [2.24, 2.45) is 0 Å². The normalized spacial score (nSPS) is 10.6. The molecule has 0 aliphatic rings. The van der Waals surface area contributed by atoms with Crippen LogP contribution >= 0.6 is 11.8 Å². The molecule has 0 bridgehead atoms. The number of carbonyl (C=O) groups excluding carboxylic acids is 1. The van der Waals surface area contributed by atoms with E-state index in [4.69, 9.17) is 9.47 Å². The molecule has 0 fully saturated rings. The van der Waals surface area contributed by atoms with Crippen molar-refractivity contribution in [2.75, 3.05) is 25.3 Å². The summed E-state index contributed by atoms with van der Waals surface area (Å²) in [5, 5.41) is 12.2. The van der Waals surface area contributed by atoms with Gasteiger partial charge in [0.15, 0.2) is 11.0 Å². The molecule has 0 aliphatic heterocycles. The van der Waals surface area contributed by atoms with E-state index in [1.165, 1.54) is 11.8 Å². The van der Waals surface area contributed by atoms with Crippen LogP contribution in [-0.2, 0) is 4.79 Å². The molecular formula is C23H21N5O3S. The number of hydrogen-bond donors (Lipinski definition) is 1. The molecule has 1 N–H and O–H groups in total. The Hall–Kier alpha value is -3.85. The number of hydrogen-bond acceptors (Lipinski definition) is 7. The highest BCUT2D eigenvalue weighted by Gasteiger charge is 2.17. The van der Waals surface area contributed by atoms with E-state index < -0.39 is 0 Å². The molecule has 8 nitrogen and oxygen atoms in total. The summed E-state index contributed by atoms with van der Waals surface area (Å²) in [6.07, 6.45) is 3.45. The maximum absolute atomic E-state index is 12.6. The number of aromatic nitrogens is 4. The number of pyridine rings is 1. The van der Waals surface area contributed by atoms with Gasteiger partial charge in [0.25, 0.3) is 0 Å². The minimum atomic E-state index is -0.184. The smallest absolute Gasteiger partial charge is 0.234 e. The first-order valence-electron chi connectivity index (χ1n) is 9.75. The molecule has 0 atom stereocenters. The van der Waals surface area contributed by atoms with Crippen LogP contribution < -0.4 is 14.8 Å². The zero-order chi connectivity index (χ0) is 22.3. The van der Waals surface area contributed by atoms with E-state index in [0.29, 0.717) is 28.2 Å². The Labute approximate surface area is 189 Å². The van der Waals surface area contributed by atoms with Gasteiger partial charge in [0.1, 0.15) is 11.5 Å². The van der Waals surface area contributed by atoms with Gasteiger partial charge in [0, 0.05) is 47.5 Å². The summed E-state index contributed by atoms with van der Waals surface area (Å²) in [4.78, 5) is 16.8. The summed E-state index contributed by atoms with van der Waals surface area (Å²) in [6.45, 7) is 0. The molecule has 0 unspecified atom stereocenters. The second kappa shape index (κ2) is 9.97. The number of para-hydroxylation sites is 1. The van der Waals surface area contributed by atoms with Gasteiger partial charge in [0.2, 0.25) is 5.91 Å². The van der Waals surface area contributed by atoms with Crippen molar-refractivity contribution < 1.29 is 14.3 Å². The maximum atomic E-state index is 12.6. The van der Waals surface area contributed by atoms with Crippen LogP contribution in [0.15, 0.2) is 78.2 Å².